The summed E-state index contributed by atoms with van der Waals surface area (Å²) in [6.07, 6.45) is -2.65. The van der Waals surface area contributed by atoms with Crippen LogP contribution in [0.1, 0.15) is 31.5 Å². The second-order valence-electron chi connectivity index (χ2n) is 6.63. The predicted molar refractivity (Wildman–Crippen MR) is 88.7 cm³/mol. The fourth-order valence-corrected chi connectivity index (χ4v) is 2.86. The summed E-state index contributed by atoms with van der Waals surface area (Å²) < 4.78 is 32.8. The summed E-state index contributed by atoms with van der Waals surface area (Å²) in [5.41, 5.74) is 0.0556. The van der Waals surface area contributed by atoms with Crippen molar-refractivity contribution in [2.75, 3.05) is 11.9 Å². The summed E-state index contributed by atoms with van der Waals surface area (Å²) in [5, 5.41) is 6.51. The number of carbonyl (C=O) groups is 1. The minimum absolute atomic E-state index is 0.0963. The van der Waals surface area contributed by atoms with Crippen molar-refractivity contribution >= 4 is 11.8 Å². The zero-order valence-corrected chi connectivity index (χ0v) is 14.3. The molecule has 0 saturated carbocycles. The molecule has 8 heteroatoms. The maximum absolute atomic E-state index is 12.9. The highest BCUT2D eigenvalue weighted by Crippen LogP contribution is 2.29. The summed E-state index contributed by atoms with van der Waals surface area (Å²) >= 11 is 0. The van der Waals surface area contributed by atoms with Crippen LogP contribution in [0.4, 0.5) is 19.4 Å². The standard InChI is InChI=1S/C17H20F2N4O2/c1-17(2)10-23(9-11-6-4-5-7-13(11)25-17)16(24)20-14-8-12(15(18)19)22(3)21-14/h4-8,15H,9-10H2,1-3H3,(H,20,21,24). The number of halogens is 2. The molecule has 0 spiro atoms. The van der Waals surface area contributed by atoms with Gasteiger partial charge in [-0.25, -0.2) is 13.6 Å². The fourth-order valence-electron chi connectivity index (χ4n) is 2.86. The SMILES string of the molecule is Cn1nc(NC(=O)N2Cc3ccccc3OC(C)(C)C2)cc1C(F)F. The summed E-state index contributed by atoms with van der Waals surface area (Å²) in [6.45, 7) is 4.50. The van der Waals surface area contributed by atoms with Crippen molar-refractivity contribution in [3.63, 3.8) is 0 Å². The van der Waals surface area contributed by atoms with Gasteiger partial charge in [0.15, 0.2) is 5.82 Å². The molecule has 3 rings (SSSR count). The molecule has 1 aliphatic rings. The van der Waals surface area contributed by atoms with E-state index in [1.165, 1.54) is 13.1 Å². The molecule has 0 unspecified atom stereocenters. The number of para-hydroxylation sites is 1. The number of amides is 2. The van der Waals surface area contributed by atoms with E-state index in [2.05, 4.69) is 10.4 Å². The zero-order chi connectivity index (χ0) is 18.2. The molecule has 0 aliphatic carbocycles. The first kappa shape index (κ1) is 17.2. The number of ether oxygens (including phenoxy) is 1. The average molecular weight is 350 g/mol. The van der Waals surface area contributed by atoms with E-state index < -0.39 is 18.1 Å². The number of fused-ring (bicyclic) bond motifs is 1. The third kappa shape index (κ3) is 3.72. The number of aryl methyl sites for hydroxylation is 1. The number of nitrogens with zero attached hydrogens (tertiary/aromatic N) is 3. The fraction of sp³-hybridized carbons (Fsp3) is 0.412. The van der Waals surface area contributed by atoms with Gasteiger partial charge in [-0.2, -0.15) is 5.10 Å². The van der Waals surface area contributed by atoms with E-state index in [9.17, 15) is 13.6 Å². The summed E-state index contributed by atoms with van der Waals surface area (Å²) in [4.78, 5) is 14.2. The van der Waals surface area contributed by atoms with Gasteiger partial charge in [0.25, 0.3) is 6.43 Å². The van der Waals surface area contributed by atoms with Crippen LogP contribution in [0.2, 0.25) is 0 Å². The van der Waals surface area contributed by atoms with Gasteiger partial charge < -0.3 is 9.64 Å². The second-order valence-corrected chi connectivity index (χ2v) is 6.63. The number of rotatable bonds is 2. The average Bonchev–Trinajstić information content (AvgIpc) is 2.81. The molecule has 2 heterocycles. The predicted octanol–water partition coefficient (Wildman–Crippen LogP) is 3.56. The van der Waals surface area contributed by atoms with Crippen molar-refractivity contribution in [2.24, 2.45) is 7.05 Å². The van der Waals surface area contributed by atoms with Crippen LogP contribution in [0.3, 0.4) is 0 Å². The lowest BCUT2D eigenvalue weighted by Crippen LogP contribution is -2.44. The van der Waals surface area contributed by atoms with Crippen molar-refractivity contribution in [1.29, 1.82) is 0 Å². The Bertz CT molecular complexity index is 789. The van der Waals surface area contributed by atoms with Gasteiger partial charge in [-0.05, 0) is 19.9 Å². The zero-order valence-electron chi connectivity index (χ0n) is 14.3. The van der Waals surface area contributed by atoms with Gasteiger partial charge in [0.1, 0.15) is 17.0 Å². The molecular weight excluding hydrogens is 330 g/mol. The molecule has 1 aromatic heterocycles. The highest BCUT2D eigenvalue weighted by molar-refractivity contribution is 5.88. The van der Waals surface area contributed by atoms with E-state index in [0.29, 0.717) is 13.1 Å². The number of nitrogens with one attached hydrogen (secondary N) is 1. The molecule has 2 aromatic rings. The smallest absolute Gasteiger partial charge is 0.323 e. The lowest BCUT2D eigenvalue weighted by Gasteiger charge is -2.29. The number of aromatic nitrogens is 2. The Morgan fingerprint density at radius 1 is 1.36 bits per heavy atom. The molecule has 0 bridgehead atoms. The Hall–Kier alpha value is -2.64. The first-order chi connectivity index (χ1) is 11.7. The van der Waals surface area contributed by atoms with Crippen LogP contribution in [-0.2, 0) is 13.6 Å². The van der Waals surface area contributed by atoms with Crippen LogP contribution in [0.5, 0.6) is 5.75 Å². The van der Waals surface area contributed by atoms with Crippen LogP contribution in [0, 0.1) is 0 Å². The van der Waals surface area contributed by atoms with Crippen LogP contribution in [0.25, 0.3) is 0 Å². The largest absolute Gasteiger partial charge is 0.486 e. The second kappa shape index (κ2) is 6.34. The quantitative estimate of drug-likeness (QED) is 0.901. The Kier molecular flexibility index (Phi) is 4.36. The molecule has 2 amide bonds. The van der Waals surface area contributed by atoms with Gasteiger partial charge in [-0.3, -0.25) is 10.00 Å². The number of hydrogen-bond acceptors (Lipinski definition) is 3. The topological polar surface area (TPSA) is 59.4 Å². The summed E-state index contributed by atoms with van der Waals surface area (Å²) in [5.74, 6) is 0.833. The summed E-state index contributed by atoms with van der Waals surface area (Å²) in [6, 6.07) is 8.29. The van der Waals surface area contributed by atoms with Crippen LogP contribution >= 0.6 is 0 Å². The maximum atomic E-state index is 12.9. The van der Waals surface area contributed by atoms with E-state index >= 15 is 0 Å². The van der Waals surface area contributed by atoms with Gasteiger partial charge in [0.05, 0.1) is 13.1 Å². The van der Waals surface area contributed by atoms with E-state index in [1.807, 2.05) is 38.1 Å². The Labute approximate surface area is 144 Å². The molecule has 134 valence electrons. The molecule has 0 radical (unpaired) electrons. The maximum Gasteiger partial charge on any atom is 0.323 e. The van der Waals surface area contributed by atoms with Crippen molar-refractivity contribution in [3.05, 3.63) is 41.6 Å². The Morgan fingerprint density at radius 2 is 2.08 bits per heavy atom. The van der Waals surface area contributed by atoms with E-state index in [4.69, 9.17) is 4.74 Å². The van der Waals surface area contributed by atoms with Crippen LogP contribution in [-0.4, -0.2) is 32.9 Å². The van der Waals surface area contributed by atoms with Gasteiger partial charge in [-0.15, -0.1) is 0 Å². The molecule has 1 aliphatic heterocycles. The molecular formula is C17H20F2N4O2. The number of carbonyl (C=O) groups excluding carboxylic acids is 1. The minimum atomic E-state index is -2.65. The van der Waals surface area contributed by atoms with Gasteiger partial charge in [0, 0.05) is 18.7 Å². The first-order valence-corrected chi connectivity index (χ1v) is 7.90. The van der Waals surface area contributed by atoms with E-state index in [-0.39, 0.29) is 11.5 Å². The Balaban J connectivity index is 1.80. The molecule has 6 nitrogen and oxygen atoms in total. The molecule has 25 heavy (non-hydrogen) atoms. The molecule has 0 saturated heterocycles. The lowest BCUT2D eigenvalue weighted by molar-refractivity contribution is 0.0834. The number of anilines is 1. The first-order valence-electron chi connectivity index (χ1n) is 7.90. The molecule has 0 fully saturated rings. The monoisotopic (exact) mass is 350 g/mol. The minimum Gasteiger partial charge on any atom is -0.486 e. The van der Waals surface area contributed by atoms with Crippen molar-refractivity contribution < 1.29 is 18.3 Å². The van der Waals surface area contributed by atoms with Crippen molar-refractivity contribution in [2.45, 2.75) is 32.4 Å². The highest BCUT2D eigenvalue weighted by atomic mass is 19.3. The third-order valence-corrected chi connectivity index (χ3v) is 3.95. The third-order valence-electron chi connectivity index (χ3n) is 3.95. The van der Waals surface area contributed by atoms with E-state index in [1.54, 1.807) is 4.90 Å². The molecule has 1 aromatic carbocycles. The number of hydrogen-bond donors (Lipinski definition) is 1. The normalized spacial score (nSPS) is 16.2. The van der Waals surface area contributed by atoms with Gasteiger partial charge in [-0.1, -0.05) is 18.2 Å². The summed E-state index contributed by atoms with van der Waals surface area (Å²) in [7, 11) is 1.41. The van der Waals surface area contributed by atoms with Crippen molar-refractivity contribution in [3.8, 4) is 5.75 Å². The van der Waals surface area contributed by atoms with Crippen LogP contribution < -0.4 is 10.1 Å². The Morgan fingerprint density at radius 3 is 2.76 bits per heavy atom. The molecule has 0 atom stereocenters. The van der Waals surface area contributed by atoms with Gasteiger partial charge >= 0.3 is 6.03 Å². The molecule has 1 N–H and O–H groups in total. The van der Waals surface area contributed by atoms with Crippen molar-refractivity contribution in [1.82, 2.24) is 14.7 Å². The van der Waals surface area contributed by atoms with Gasteiger partial charge in [0.2, 0.25) is 0 Å². The van der Waals surface area contributed by atoms with Crippen LogP contribution in [0.15, 0.2) is 30.3 Å². The van der Waals surface area contributed by atoms with E-state index in [0.717, 1.165) is 16.0 Å². The number of alkyl halides is 2. The highest BCUT2D eigenvalue weighted by Gasteiger charge is 2.31. The number of benzene rings is 1. The lowest BCUT2D eigenvalue weighted by atomic mass is 10.1. The number of urea groups is 1.